The second-order valence-electron chi connectivity index (χ2n) is 3.56. The molecule has 7 nitrogen and oxygen atoms in total. The molecule has 96 valence electrons. The number of thiocarbonyl (C=S) groups is 1. The fraction of sp³-hybridized carbons (Fsp3) is 0.222. The van der Waals surface area contributed by atoms with Gasteiger partial charge in [-0.15, -0.1) is 0 Å². The van der Waals surface area contributed by atoms with Gasteiger partial charge in [0, 0.05) is 18.7 Å². The fourth-order valence-electron chi connectivity index (χ4n) is 1.57. The molecule has 9 heteroatoms. The van der Waals surface area contributed by atoms with E-state index in [1.54, 1.807) is 0 Å². The predicted octanol–water partition coefficient (Wildman–Crippen LogP) is 0.474. The minimum atomic E-state index is -3.82. The highest BCUT2D eigenvalue weighted by molar-refractivity contribution is 7.91. The highest BCUT2D eigenvalue weighted by atomic mass is 32.2. The molecule has 18 heavy (non-hydrogen) atoms. The van der Waals surface area contributed by atoms with Gasteiger partial charge in [0.05, 0.1) is 16.4 Å². The van der Waals surface area contributed by atoms with Crippen LogP contribution in [-0.4, -0.2) is 35.8 Å². The molecule has 1 aliphatic rings. The van der Waals surface area contributed by atoms with E-state index < -0.39 is 14.9 Å². The van der Waals surface area contributed by atoms with Gasteiger partial charge in [-0.1, -0.05) is 6.07 Å². The Morgan fingerprint density at radius 2 is 2.17 bits per heavy atom. The molecule has 0 spiro atoms. The summed E-state index contributed by atoms with van der Waals surface area (Å²) in [6.45, 7) is 0.664. The first kappa shape index (κ1) is 12.7. The number of hydrogen-bond acceptors (Lipinski definition) is 5. The maximum Gasteiger partial charge on any atom is 0.270 e. The number of nitro benzene ring substituents is 1. The van der Waals surface area contributed by atoms with Crippen molar-refractivity contribution in [1.29, 1.82) is 0 Å². The molecule has 0 aromatic heterocycles. The van der Waals surface area contributed by atoms with E-state index in [2.05, 4.69) is 5.32 Å². The van der Waals surface area contributed by atoms with E-state index in [-0.39, 0.29) is 22.2 Å². The zero-order valence-corrected chi connectivity index (χ0v) is 10.7. The first-order chi connectivity index (χ1) is 8.43. The van der Waals surface area contributed by atoms with E-state index in [1.807, 2.05) is 0 Å². The van der Waals surface area contributed by atoms with Crippen molar-refractivity contribution < 1.29 is 13.3 Å². The van der Waals surface area contributed by atoms with Gasteiger partial charge in [0.1, 0.15) is 0 Å². The number of nitrogens with one attached hydrogen (secondary N) is 1. The minimum Gasteiger partial charge on any atom is -0.360 e. The zero-order chi connectivity index (χ0) is 13.3. The Labute approximate surface area is 109 Å². The lowest BCUT2D eigenvalue weighted by Gasteiger charge is -2.16. The third-order valence-electron chi connectivity index (χ3n) is 2.43. The largest absolute Gasteiger partial charge is 0.360 e. The van der Waals surface area contributed by atoms with Crippen LogP contribution in [0.2, 0.25) is 0 Å². The second kappa shape index (κ2) is 4.50. The lowest BCUT2D eigenvalue weighted by molar-refractivity contribution is -0.385. The molecular formula is C9H9N3O4S2. The van der Waals surface area contributed by atoms with Gasteiger partial charge in [0.25, 0.3) is 15.7 Å². The highest BCUT2D eigenvalue weighted by Crippen LogP contribution is 2.21. The van der Waals surface area contributed by atoms with Crippen LogP contribution in [0.3, 0.4) is 0 Å². The van der Waals surface area contributed by atoms with Gasteiger partial charge < -0.3 is 5.32 Å². The third-order valence-corrected chi connectivity index (χ3v) is 4.71. The van der Waals surface area contributed by atoms with Crippen molar-refractivity contribution in [3.63, 3.8) is 0 Å². The molecule has 1 aliphatic heterocycles. The monoisotopic (exact) mass is 287 g/mol. The Hall–Kier alpha value is -1.74. The van der Waals surface area contributed by atoms with Gasteiger partial charge in [-0.3, -0.25) is 10.1 Å². The van der Waals surface area contributed by atoms with Crippen LogP contribution in [0.25, 0.3) is 0 Å². The first-order valence-electron chi connectivity index (χ1n) is 4.98. The summed E-state index contributed by atoms with van der Waals surface area (Å²) in [5, 5.41) is 13.5. The van der Waals surface area contributed by atoms with Crippen molar-refractivity contribution >= 4 is 33.0 Å². The van der Waals surface area contributed by atoms with Gasteiger partial charge in [-0.05, 0) is 18.3 Å². The topological polar surface area (TPSA) is 92.5 Å². The van der Waals surface area contributed by atoms with Crippen molar-refractivity contribution in [3.8, 4) is 0 Å². The Morgan fingerprint density at radius 3 is 2.72 bits per heavy atom. The average Bonchev–Trinajstić information content (AvgIpc) is 2.76. The van der Waals surface area contributed by atoms with Crippen LogP contribution in [0.15, 0.2) is 29.2 Å². The lowest BCUT2D eigenvalue weighted by atomic mass is 10.3. The molecule has 0 radical (unpaired) electrons. The van der Waals surface area contributed by atoms with E-state index in [0.717, 1.165) is 10.4 Å². The number of sulfonamides is 1. The summed E-state index contributed by atoms with van der Waals surface area (Å²) in [6, 6.07) is 4.90. The van der Waals surface area contributed by atoms with Crippen molar-refractivity contribution in [3.05, 3.63) is 34.4 Å². The van der Waals surface area contributed by atoms with Crippen LogP contribution in [0.5, 0.6) is 0 Å². The number of non-ortho nitro benzene ring substituents is 1. The van der Waals surface area contributed by atoms with Crippen LogP contribution in [-0.2, 0) is 10.0 Å². The summed E-state index contributed by atoms with van der Waals surface area (Å²) in [6.07, 6.45) is 0. The van der Waals surface area contributed by atoms with Crippen molar-refractivity contribution in [1.82, 2.24) is 9.62 Å². The summed E-state index contributed by atoms with van der Waals surface area (Å²) in [4.78, 5) is 9.85. The Morgan fingerprint density at radius 1 is 1.44 bits per heavy atom. The van der Waals surface area contributed by atoms with E-state index in [0.29, 0.717) is 6.54 Å². The van der Waals surface area contributed by atoms with E-state index in [9.17, 15) is 18.5 Å². The molecule has 0 atom stereocenters. The molecule has 1 saturated heterocycles. The molecule has 1 fully saturated rings. The normalized spacial score (nSPS) is 15.6. The fourth-order valence-corrected chi connectivity index (χ4v) is 3.45. The average molecular weight is 287 g/mol. The molecule has 0 amide bonds. The van der Waals surface area contributed by atoms with E-state index in [1.165, 1.54) is 18.2 Å². The van der Waals surface area contributed by atoms with E-state index >= 15 is 0 Å². The number of rotatable bonds is 3. The molecule has 0 unspecified atom stereocenters. The summed E-state index contributed by atoms with van der Waals surface area (Å²) in [5.41, 5.74) is -0.269. The number of hydrogen-bond donors (Lipinski definition) is 1. The van der Waals surface area contributed by atoms with Crippen LogP contribution >= 0.6 is 12.2 Å². The van der Waals surface area contributed by atoms with Crippen LogP contribution in [0.4, 0.5) is 5.69 Å². The highest BCUT2D eigenvalue weighted by Gasteiger charge is 2.31. The summed E-state index contributed by atoms with van der Waals surface area (Å²) in [5.74, 6) is 0. The van der Waals surface area contributed by atoms with Crippen LogP contribution in [0.1, 0.15) is 0 Å². The maximum absolute atomic E-state index is 12.2. The Bertz CT molecular complexity index is 614. The molecule has 1 aromatic carbocycles. The van der Waals surface area contributed by atoms with Crippen molar-refractivity contribution in [2.75, 3.05) is 13.1 Å². The smallest absolute Gasteiger partial charge is 0.270 e. The first-order valence-corrected chi connectivity index (χ1v) is 6.83. The molecule has 1 aromatic rings. The zero-order valence-electron chi connectivity index (χ0n) is 9.07. The molecule has 0 bridgehead atoms. The molecule has 1 heterocycles. The van der Waals surface area contributed by atoms with E-state index in [4.69, 9.17) is 12.2 Å². The van der Waals surface area contributed by atoms with Gasteiger partial charge in [-0.2, -0.15) is 0 Å². The number of nitro groups is 1. The summed E-state index contributed by atoms with van der Waals surface area (Å²) in [7, 11) is -3.82. The van der Waals surface area contributed by atoms with Gasteiger partial charge >= 0.3 is 0 Å². The lowest BCUT2D eigenvalue weighted by Crippen LogP contribution is -2.34. The second-order valence-corrected chi connectivity index (χ2v) is 5.81. The van der Waals surface area contributed by atoms with Crippen molar-refractivity contribution in [2.24, 2.45) is 0 Å². The van der Waals surface area contributed by atoms with Crippen LogP contribution in [0, 0.1) is 10.1 Å². The number of nitrogens with zero attached hydrogens (tertiary/aromatic N) is 2. The summed E-state index contributed by atoms with van der Waals surface area (Å²) >= 11 is 4.87. The Kier molecular flexibility index (Phi) is 3.18. The number of benzene rings is 1. The van der Waals surface area contributed by atoms with Gasteiger partial charge in [-0.25, -0.2) is 12.7 Å². The quantitative estimate of drug-likeness (QED) is 0.493. The summed E-state index contributed by atoms with van der Waals surface area (Å²) < 4.78 is 25.4. The Balaban J connectivity index is 2.44. The SMILES string of the molecule is O=[N+]([O-])c1cccc(S(=O)(=O)N2CCNC2=S)c1. The minimum absolute atomic E-state index is 0.113. The maximum atomic E-state index is 12.2. The molecular weight excluding hydrogens is 278 g/mol. The molecule has 0 saturated carbocycles. The molecule has 0 aliphatic carbocycles. The molecule has 2 rings (SSSR count). The van der Waals surface area contributed by atoms with Gasteiger partial charge in [0.15, 0.2) is 5.11 Å². The predicted molar refractivity (Wildman–Crippen MR) is 67.6 cm³/mol. The standard InChI is InChI=1S/C9H9N3O4S2/c13-12(14)7-2-1-3-8(6-7)18(15,16)11-5-4-10-9(11)17/h1-3,6H,4-5H2,(H,10,17). The van der Waals surface area contributed by atoms with Gasteiger partial charge in [0.2, 0.25) is 0 Å². The third kappa shape index (κ3) is 2.14. The van der Waals surface area contributed by atoms with Crippen molar-refractivity contribution in [2.45, 2.75) is 4.90 Å². The van der Waals surface area contributed by atoms with Crippen LogP contribution < -0.4 is 5.32 Å². The molecule has 1 N–H and O–H groups in total.